The highest BCUT2D eigenvalue weighted by Gasteiger charge is 2.06. The van der Waals surface area contributed by atoms with Gasteiger partial charge in [-0.3, -0.25) is 0 Å². The molecule has 2 rings (SSSR count). The zero-order valence-corrected chi connectivity index (χ0v) is 11.5. The third-order valence-corrected chi connectivity index (χ3v) is 3.27. The van der Waals surface area contributed by atoms with Crippen molar-refractivity contribution in [3.8, 4) is 11.1 Å². The predicted molar refractivity (Wildman–Crippen MR) is 80.1 cm³/mol. The van der Waals surface area contributed by atoms with Gasteiger partial charge in [-0.05, 0) is 60.4 Å². The Bertz CT molecular complexity index is 571. The fourth-order valence-corrected chi connectivity index (χ4v) is 2.22. The Morgan fingerprint density at radius 2 is 1.39 bits per heavy atom. The van der Waals surface area contributed by atoms with Gasteiger partial charge in [0.25, 0.3) is 0 Å². The van der Waals surface area contributed by atoms with E-state index >= 15 is 0 Å². The number of anilines is 2. The van der Waals surface area contributed by atoms with Crippen molar-refractivity contribution in [1.82, 2.24) is 0 Å². The molecule has 2 nitrogen and oxygen atoms in total. The highest BCUT2D eigenvalue weighted by Crippen LogP contribution is 2.30. The Morgan fingerprint density at radius 1 is 0.833 bits per heavy atom. The maximum absolute atomic E-state index is 5.80. The Morgan fingerprint density at radius 3 is 1.89 bits per heavy atom. The summed E-state index contributed by atoms with van der Waals surface area (Å²) in [6, 6.07) is 12.6. The smallest absolute Gasteiger partial charge is 0.0364 e. The quantitative estimate of drug-likeness (QED) is 0.812. The third-order valence-electron chi connectivity index (χ3n) is 3.27. The monoisotopic (exact) mass is 240 g/mol. The highest BCUT2D eigenvalue weighted by molar-refractivity contribution is 5.74. The topological polar surface area (TPSA) is 29.3 Å². The lowest BCUT2D eigenvalue weighted by Crippen LogP contribution is -2.08. The van der Waals surface area contributed by atoms with Crippen LogP contribution in [0.25, 0.3) is 11.1 Å². The Kier molecular flexibility index (Phi) is 3.28. The minimum absolute atomic E-state index is 0.818. The molecular formula is C16H20N2. The molecule has 94 valence electrons. The van der Waals surface area contributed by atoms with Crippen molar-refractivity contribution in [1.29, 1.82) is 0 Å². The minimum Gasteiger partial charge on any atom is -0.399 e. The van der Waals surface area contributed by atoms with Crippen LogP contribution in [0.3, 0.4) is 0 Å². The standard InChI is InChI=1S/C16H20N2/c1-11-9-13(17)5-7-15(11)16-8-6-14(18(3)4)10-12(16)2/h5-10H,17H2,1-4H3. The molecule has 2 aromatic rings. The number of hydrogen-bond donors (Lipinski definition) is 1. The SMILES string of the molecule is Cc1cc(N)ccc1-c1ccc(N(C)C)cc1C. The first kappa shape index (κ1) is 12.5. The number of nitrogens with zero attached hydrogens (tertiary/aromatic N) is 1. The molecule has 2 N–H and O–H groups in total. The molecule has 0 bridgehead atoms. The van der Waals surface area contributed by atoms with Crippen LogP contribution in [0, 0.1) is 13.8 Å². The molecule has 0 saturated carbocycles. The Balaban J connectivity index is 2.51. The Labute approximate surface area is 109 Å². The van der Waals surface area contributed by atoms with Crippen molar-refractivity contribution in [2.45, 2.75) is 13.8 Å². The van der Waals surface area contributed by atoms with Crippen molar-refractivity contribution in [2.75, 3.05) is 24.7 Å². The van der Waals surface area contributed by atoms with E-state index in [1.165, 1.54) is 27.9 Å². The first-order valence-corrected chi connectivity index (χ1v) is 6.13. The lowest BCUT2D eigenvalue weighted by atomic mass is 9.96. The molecule has 0 radical (unpaired) electrons. The van der Waals surface area contributed by atoms with Crippen LogP contribution < -0.4 is 10.6 Å². The number of benzene rings is 2. The van der Waals surface area contributed by atoms with E-state index in [0.717, 1.165) is 5.69 Å². The van der Waals surface area contributed by atoms with Crippen LogP contribution >= 0.6 is 0 Å². The van der Waals surface area contributed by atoms with Gasteiger partial charge >= 0.3 is 0 Å². The first-order chi connectivity index (χ1) is 8.49. The average Bonchev–Trinajstić information content (AvgIpc) is 2.30. The van der Waals surface area contributed by atoms with Crippen molar-refractivity contribution in [3.05, 3.63) is 47.5 Å². The molecule has 0 fully saturated rings. The second-order valence-corrected chi connectivity index (χ2v) is 4.97. The highest BCUT2D eigenvalue weighted by atomic mass is 15.1. The fraction of sp³-hybridized carbons (Fsp3) is 0.250. The molecule has 0 aliphatic rings. The summed E-state index contributed by atoms with van der Waals surface area (Å²) in [5.41, 5.74) is 12.9. The predicted octanol–water partition coefficient (Wildman–Crippen LogP) is 3.62. The first-order valence-electron chi connectivity index (χ1n) is 6.13. The van der Waals surface area contributed by atoms with Gasteiger partial charge in [-0.25, -0.2) is 0 Å². The summed E-state index contributed by atoms with van der Waals surface area (Å²) in [6.45, 7) is 4.25. The van der Waals surface area contributed by atoms with Crippen LogP contribution in [0.15, 0.2) is 36.4 Å². The van der Waals surface area contributed by atoms with Crippen LogP contribution in [0.5, 0.6) is 0 Å². The van der Waals surface area contributed by atoms with Gasteiger partial charge < -0.3 is 10.6 Å². The lowest BCUT2D eigenvalue weighted by Gasteiger charge is -2.16. The fourth-order valence-electron chi connectivity index (χ4n) is 2.22. The summed E-state index contributed by atoms with van der Waals surface area (Å²) in [4.78, 5) is 2.12. The number of nitrogens with two attached hydrogens (primary N) is 1. The molecule has 0 unspecified atom stereocenters. The maximum atomic E-state index is 5.80. The maximum Gasteiger partial charge on any atom is 0.0364 e. The summed E-state index contributed by atoms with van der Waals surface area (Å²) in [5.74, 6) is 0. The van der Waals surface area contributed by atoms with Crippen LogP contribution in [0.2, 0.25) is 0 Å². The number of hydrogen-bond acceptors (Lipinski definition) is 2. The van der Waals surface area contributed by atoms with Gasteiger partial charge in [-0.1, -0.05) is 12.1 Å². The molecule has 0 saturated heterocycles. The Hall–Kier alpha value is -1.96. The third kappa shape index (κ3) is 2.33. The zero-order chi connectivity index (χ0) is 13.3. The number of rotatable bonds is 2. The van der Waals surface area contributed by atoms with Crippen LogP contribution in [0.4, 0.5) is 11.4 Å². The second kappa shape index (κ2) is 4.73. The summed E-state index contributed by atoms with van der Waals surface area (Å²) in [7, 11) is 4.12. The second-order valence-electron chi connectivity index (χ2n) is 4.97. The van der Waals surface area contributed by atoms with E-state index in [4.69, 9.17) is 5.73 Å². The summed E-state index contributed by atoms with van der Waals surface area (Å²) in [6.07, 6.45) is 0. The zero-order valence-electron chi connectivity index (χ0n) is 11.5. The largest absolute Gasteiger partial charge is 0.399 e. The van der Waals surface area contributed by atoms with Crippen LogP contribution in [-0.2, 0) is 0 Å². The molecule has 0 aliphatic carbocycles. The van der Waals surface area contributed by atoms with Gasteiger partial charge in [0.15, 0.2) is 0 Å². The minimum atomic E-state index is 0.818. The van der Waals surface area contributed by atoms with E-state index in [1.54, 1.807) is 0 Å². The van der Waals surface area contributed by atoms with Crippen LogP contribution in [0.1, 0.15) is 11.1 Å². The molecule has 0 atom stereocenters. The van der Waals surface area contributed by atoms with Gasteiger partial charge in [0.2, 0.25) is 0 Å². The van der Waals surface area contributed by atoms with Crippen molar-refractivity contribution in [3.63, 3.8) is 0 Å². The van der Waals surface area contributed by atoms with Gasteiger partial charge in [-0.15, -0.1) is 0 Å². The van der Waals surface area contributed by atoms with Gasteiger partial charge in [0.1, 0.15) is 0 Å². The normalized spacial score (nSPS) is 10.4. The van der Waals surface area contributed by atoms with E-state index in [-0.39, 0.29) is 0 Å². The van der Waals surface area contributed by atoms with E-state index in [0.29, 0.717) is 0 Å². The summed E-state index contributed by atoms with van der Waals surface area (Å²) >= 11 is 0. The van der Waals surface area contributed by atoms with Crippen LogP contribution in [-0.4, -0.2) is 14.1 Å². The lowest BCUT2D eigenvalue weighted by molar-refractivity contribution is 1.13. The van der Waals surface area contributed by atoms with Crippen molar-refractivity contribution in [2.24, 2.45) is 0 Å². The molecule has 0 heterocycles. The molecule has 2 aromatic carbocycles. The van der Waals surface area contributed by atoms with E-state index < -0.39 is 0 Å². The van der Waals surface area contributed by atoms with Crippen molar-refractivity contribution < 1.29 is 0 Å². The summed E-state index contributed by atoms with van der Waals surface area (Å²) in [5, 5.41) is 0. The summed E-state index contributed by atoms with van der Waals surface area (Å²) < 4.78 is 0. The average molecular weight is 240 g/mol. The molecule has 0 aliphatic heterocycles. The van der Waals surface area contributed by atoms with E-state index in [9.17, 15) is 0 Å². The van der Waals surface area contributed by atoms with Gasteiger partial charge in [0, 0.05) is 25.5 Å². The van der Waals surface area contributed by atoms with Crippen molar-refractivity contribution >= 4 is 11.4 Å². The molecular weight excluding hydrogens is 220 g/mol. The molecule has 0 spiro atoms. The van der Waals surface area contributed by atoms with E-state index in [2.05, 4.69) is 57.1 Å². The molecule has 2 heteroatoms. The molecule has 0 amide bonds. The number of aryl methyl sites for hydroxylation is 2. The van der Waals surface area contributed by atoms with Gasteiger partial charge in [-0.2, -0.15) is 0 Å². The number of nitrogen functional groups attached to an aromatic ring is 1. The molecule has 18 heavy (non-hydrogen) atoms. The van der Waals surface area contributed by atoms with Gasteiger partial charge in [0.05, 0.1) is 0 Å². The molecule has 0 aromatic heterocycles. The van der Waals surface area contributed by atoms with E-state index in [1.807, 2.05) is 12.1 Å².